The van der Waals surface area contributed by atoms with E-state index < -0.39 is 11.8 Å². The number of aromatic nitrogens is 1. The molecule has 5 nitrogen and oxygen atoms in total. The molecule has 1 heterocycles. The van der Waals surface area contributed by atoms with Crippen LogP contribution in [-0.4, -0.2) is 10.4 Å². The van der Waals surface area contributed by atoms with Gasteiger partial charge >= 0.3 is 5.76 Å². The molecule has 1 atom stereocenters. The van der Waals surface area contributed by atoms with Gasteiger partial charge in [-0.15, -0.1) is 0 Å². The summed E-state index contributed by atoms with van der Waals surface area (Å²) in [7, 11) is 1.62. The summed E-state index contributed by atoms with van der Waals surface area (Å²) < 4.78 is 6.41. The van der Waals surface area contributed by atoms with Crippen molar-refractivity contribution in [2.75, 3.05) is 0 Å². The van der Waals surface area contributed by atoms with Crippen LogP contribution in [0.1, 0.15) is 18.5 Å². The van der Waals surface area contributed by atoms with E-state index in [4.69, 9.17) is 10.2 Å². The molecule has 0 saturated carbocycles. The van der Waals surface area contributed by atoms with Crippen LogP contribution in [0.15, 0.2) is 27.4 Å². The van der Waals surface area contributed by atoms with Gasteiger partial charge in [-0.25, -0.2) is 4.79 Å². The molecule has 0 saturated heterocycles. The quantitative estimate of drug-likeness (QED) is 0.808. The van der Waals surface area contributed by atoms with Crippen LogP contribution in [-0.2, 0) is 11.8 Å². The van der Waals surface area contributed by atoms with Gasteiger partial charge in [-0.2, -0.15) is 0 Å². The van der Waals surface area contributed by atoms with Crippen molar-refractivity contribution in [2.45, 2.75) is 13.0 Å². The fraction of sp³-hybridized carbons (Fsp3) is 0.273. The van der Waals surface area contributed by atoms with E-state index in [9.17, 15) is 9.59 Å². The SMILES string of the molecule is CC(=O)C(N)c1ccc2c(c1)oc(=O)n2C. The number of carbonyl (C=O) groups excluding carboxylic acids is 1. The largest absolute Gasteiger partial charge is 0.419 e. The summed E-state index contributed by atoms with van der Waals surface area (Å²) in [5, 5.41) is 0. The highest BCUT2D eigenvalue weighted by Gasteiger charge is 2.13. The second kappa shape index (κ2) is 3.61. The van der Waals surface area contributed by atoms with E-state index in [1.165, 1.54) is 11.5 Å². The number of nitrogens with zero attached hydrogens (tertiary/aromatic N) is 1. The third kappa shape index (κ3) is 1.55. The van der Waals surface area contributed by atoms with Crippen LogP contribution in [0.2, 0.25) is 0 Å². The van der Waals surface area contributed by atoms with Crippen LogP contribution in [0.3, 0.4) is 0 Å². The summed E-state index contributed by atoms with van der Waals surface area (Å²) in [6.45, 7) is 1.43. The number of hydrogen-bond acceptors (Lipinski definition) is 4. The van der Waals surface area contributed by atoms with Crippen LogP contribution >= 0.6 is 0 Å². The molecule has 16 heavy (non-hydrogen) atoms. The highest BCUT2D eigenvalue weighted by Crippen LogP contribution is 2.18. The van der Waals surface area contributed by atoms with Crippen LogP contribution in [0.4, 0.5) is 0 Å². The fourth-order valence-electron chi connectivity index (χ4n) is 1.58. The Kier molecular flexibility index (Phi) is 2.40. The lowest BCUT2D eigenvalue weighted by atomic mass is 10.0. The molecule has 0 spiro atoms. The van der Waals surface area contributed by atoms with Crippen molar-refractivity contribution in [3.05, 3.63) is 34.3 Å². The number of benzene rings is 1. The van der Waals surface area contributed by atoms with Gasteiger partial charge < -0.3 is 10.2 Å². The van der Waals surface area contributed by atoms with Crippen LogP contribution < -0.4 is 11.5 Å². The maximum atomic E-state index is 11.3. The maximum Gasteiger partial charge on any atom is 0.419 e. The molecule has 0 bridgehead atoms. The smallest absolute Gasteiger partial charge is 0.408 e. The first-order chi connectivity index (χ1) is 7.50. The summed E-state index contributed by atoms with van der Waals surface area (Å²) >= 11 is 0. The van der Waals surface area contributed by atoms with Crippen molar-refractivity contribution < 1.29 is 9.21 Å². The zero-order chi connectivity index (χ0) is 11.9. The molecule has 2 N–H and O–H groups in total. The highest BCUT2D eigenvalue weighted by atomic mass is 16.4. The van der Waals surface area contributed by atoms with E-state index >= 15 is 0 Å². The average molecular weight is 220 g/mol. The molecule has 2 aromatic rings. The molecule has 0 radical (unpaired) electrons. The van der Waals surface area contributed by atoms with Gasteiger partial charge in [0.05, 0.1) is 11.6 Å². The second-order valence-electron chi connectivity index (χ2n) is 3.74. The Morgan fingerprint density at radius 1 is 1.50 bits per heavy atom. The third-order valence-corrected chi connectivity index (χ3v) is 2.61. The van der Waals surface area contributed by atoms with Crippen LogP contribution in [0, 0.1) is 0 Å². The van der Waals surface area contributed by atoms with Crippen molar-refractivity contribution in [1.29, 1.82) is 0 Å². The lowest BCUT2D eigenvalue weighted by Crippen LogP contribution is -2.18. The number of hydrogen-bond donors (Lipinski definition) is 1. The van der Waals surface area contributed by atoms with Crippen LogP contribution in [0.25, 0.3) is 11.1 Å². The first-order valence-corrected chi connectivity index (χ1v) is 4.86. The highest BCUT2D eigenvalue weighted by molar-refractivity contribution is 5.84. The van der Waals surface area contributed by atoms with Gasteiger partial charge in [-0.3, -0.25) is 9.36 Å². The fourth-order valence-corrected chi connectivity index (χ4v) is 1.58. The lowest BCUT2D eigenvalue weighted by Gasteiger charge is -2.07. The summed E-state index contributed by atoms with van der Waals surface area (Å²) in [5.41, 5.74) is 7.48. The van der Waals surface area contributed by atoms with Gasteiger partial charge in [0.2, 0.25) is 0 Å². The molecule has 1 unspecified atom stereocenters. The zero-order valence-electron chi connectivity index (χ0n) is 9.06. The standard InChI is InChI=1S/C11H12N2O3/c1-6(14)10(12)7-3-4-8-9(5-7)16-11(15)13(8)2/h3-5,10H,12H2,1-2H3. The number of aryl methyl sites for hydroxylation is 1. The second-order valence-corrected chi connectivity index (χ2v) is 3.74. The first-order valence-electron chi connectivity index (χ1n) is 4.86. The Morgan fingerprint density at radius 3 is 2.81 bits per heavy atom. The topological polar surface area (TPSA) is 78.2 Å². The molecule has 84 valence electrons. The van der Waals surface area contributed by atoms with Crippen molar-refractivity contribution in [3.8, 4) is 0 Å². The molecule has 0 amide bonds. The van der Waals surface area contributed by atoms with Gasteiger partial charge in [-0.1, -0.05) is 6.07 Å². The summed E-state index contributed by atoms with van der Waals surface area (Å²) in [5.74, 6) is -0.554. The molecule has 2 rings (SSSR count). The minimum absolute atomic E-state index is 0.127. The maximum absolute atomic E-state index is 11.3. The number of ketones is 1. The van der Waals surface area contributed by atoms with E-state index in [2.05, 4.69) is 0 Å². The van der Waals surface area contributed by atoms with Crippen molar-refractivity contribution in [2.24, 2.45) is 12.8 Å². The number of carbonyl (C=O) groups is 1. The molecule has 1 aromatic carbocycles. The molecule has 0 aliphatic heterocycles. The van der Waals surface area contributed by atoms with Gasteiger partial charge in [0.15, 0.2) is 11.4 Å². The average Bonchev–Trinajstić information content (AvgIpc) is 2.53. The molecular formula is C11H12N2O3. The van der Waals surface area contributed by atoms with Gasteiger partial charge in [0, 0.05) is 7.05 Å². The van der Waals surface area contributed by atoms with Crippen molar-refractivity contribution in [3.63, 3.8) is 0 Å². The van der Waals surface area contributed by atoms with Crippen molar-refractivity contribution >= 4 is 16.9 Å². The number of nitrogens with two attached hydrogens (primary N) is 1. The molecule has 0 aliphatic rings. The number of fused-ring (bicyclic) bond motifs is 1. The minimum Gasteiger partial charge on any atom is -0.408 e. The lowest BCUT2D eigenvalue weighted by molar-refractivity contribution is -0.118. The van der Waals surface area contributed by atoms with Crippen LogP contribution in [0.5, 0.6) is 0 Å². The Morgan fingerprint density at radius 2 is 2.19 bits per heavy atom. The van der Waals surface area contributed by atoms with E-state index in [1.807, 2.05) is 0 Å². The monoisotopic (exact) mass is 220 g/mol. The Balaban J connectivity index is 2.61. The van der Waals surface area contributed by atoms with Gasteiger partial charge in [0.25, 0.3) is 0 Å². The van der Waals surface area contributed by atoms with Gasteiger partial charge in [0.1, 0.15) is 0 Å². The number of rotatable bonds is 2. The Labute approximate surface area is 91.5 Å². The minimum atomic E-state index is -0.671. The van der Waals surface area contributed by atoms with E-state index in [-0.39, 0.29) is 5.78 Å². The molecular weight excluding hydrogens is 208 g/mol. The molecule has 0 fully saturated rings. The summed E-state index contributed by atoms with van der Waals surface area (Å²) in [4.78, 5) is 22.4. The summed E-state index contributed by atoms with van der Waals surface area (Å²) in [6, 6.07) is 4.40. The molecule has 1 aromatic heterocycles. The Bertz CT molecular complexity index is 609. The van der Waals surface area contributed by atoms with Gasteiger partial charge in [-0.05, 0) is 24.6 Å². The predicted molar refractivity (Wildman–Crippen MR) is 59.1 cm³/mol. The van der Waals surface area contributed by atoms with E-state index in [0.717, 1.165) is 0 Å². The predicted octanol–water partition coefficient (Wildman–Crippen LogP) is 0.720. The number of oxazole rings is 1. The van der Waals surface area contributed by atoms with E-state index in [1.54, 1.807) is 25.2 Å². The molecule has 0 aliphatic carbocycles. The number of Topliss-reactive ketones (excluding diaryl/α,β-unsaturated/α-hetero) is 1. The van der Waals surface area contributed by atoms with Crippen molar-refractivity contribution in [1.82, 2.24) is 4.57 Å². The third-order valence-electron chi connectivity index (χ3n) is 2.61. The van der Waals surface area contributed by atoms with E-state index in [0.29, 0.717) is 16.7 Å². The zero-order valence-corrected chi connectivity index (χ0v) is 9.06. The summed E-state index contributed by atoms with van der Waals surface area (Å²) in [6.07, 6.45) is 0. The first kappa shape index (κ1) is 10.6. The normalized spacial score (nSPS) is 12.9. The Hall–Kier alpha value is -1.88. The molecule has 5 heteroatoms.